The van der Waals surface area contributed by atoms with E-state index in [2.05, 4.69) is 10.6 Å². The van der Waals surface area contributed by atoms with E-state index in [1.807, 2.05) is 0 Å². The smallest absolute Gasteiger partial charge is 0.0568 e. The van der Waals surface area contributed by atoms with Gasteiger partial charge >= 0.3 is 0 Å². The molecular weight excluding hydrogens is 90.1 g/mol. The standard InChI is InChI=1S/C4H11N3/c5-4-1-2-6-3-7-4/h4,6-7H,1-3,5H2/t4-/m1/s1. The van der Waals surface area contributed by atoms with Crippen molar-refractivity contribution in [1.82, 2.24) is 10.6 Å². The van der Waals surface area contributed by atoms with Crippen molar-refractivity contribution in [1.29, 1.82) is 0 Å². The van der Waals surface area contributed by atoms with E-state index in [0.717, 1.165) is 19.6 Å². The van der Waals surface area contributed by atoms with Crippen LogP contribution in [0.25, 0.3) is 0 Å². The molecular formula is C4H11N3. The summed E-state index contributed by atoms with van der Waals surface area (Å²) in [5.74, 6) is 0. The average Bonchev–Trinajstić information content (AvgIpc) is 1.69. The van der Waals surface area contributed by atoms with Gasteiger partial charge in [0.2, 0.25) is 0 Å². The zero-order valence-corrected chi connectivity index (χ0v) is 4.28. The summed E-state index contributed by atoms with van der Waals surface area (Å²) >= 11 is 0. The average molecular weight is 101 g/mol. The third-order valence-corrected chi connectivity index (χ3v) is 1.12. The predicted molar refractivity (Wildman–Crippen MR) is 28.6 cm³/mol. The molecule has 0 unspecified atom stereocenters. The van der Waals surface area contributed by atoms with Gasteiger partial charge in [-0.05, 0) is 13.0 Å². The molecule has 1 rings (SSSR count). The van der Waals surface area contributed by atoms with Crippen molar-refractivity contribution >= 4 is 0 Å². The van der Waals surface area contributed by atoms with Crippen molar-refractivity contribution in [3.8, 4) is 0 Å². The maximum Gasteiger partial charge on any atom is 0.0568 e. The van der Waals surface area contributed by atoms with Crippen LogP contribution < -0.4 is 16.4 Å². The van der Waals surface area contributed by atoms with Crippen LogP contribution in [0.5, 0.6) is 0 Å². The van der Waals surface area contributed by atoms with Crippen molar-refractivity contribution in [2.45, 2.75) is 12.6 Å². The summed E-state index contributed by atoms with van der Waals surface area (Å²) in [6, 6.07) is 0. The number of rotatable bonds is 0. The summed E-state index contributed by atoms with van der Waals surface area (Å²) in [7, 11) is 0. The molecule has 1 fully saturated rings. The first kappa shape index (κ1) is 5.03. The highest BCUT2D eigenvalue weighted by Crippen LogP contribution is 1.83. The zero-order valence-electron chi connectivity index (χ0n) is 4.28. The molecule has 1 aliphatic heterocycles. The van der Waals surface area contributed by atoms with E-state index in [1.165, 1.54) is 0 Å². The lowest BCUT2D eigenvalue weighted by Crippen LogP contribution is -2.49. The highest BCUT2D eigenvalue weighted by atomic mass is 15.2. The van der Waals surface area contributed by atoms with Crippen molar-refractivity contribution in [3.63, 3.8) is 0 Å². The summed E-state index contributed by atoms with van der Waals surface area (Å²) in [5.41, 5.74) is 5.48. The minimum absolute atomic E-state index is 0.223. The minimum Gasteiger partial charge on any atom is -0.316 e. The van der Waals surface area contributed by atoms with Gasteiger partial charge in [-0.15, -0.1) is 0 Å². The molecule has 1 atom stereocenters. The second-order valence-corrected chi connectivity index (χ2v) is 1.78. The van der Waals surface area contributed by atoms with E-state index < -0.39 is 0 Å². The van der Waals surface area contributed by atoms with Gasteiger partial charge in [0.15, 0.2) is 0 Å². The molecule has 0 radical (unpaired) electrons. The van der Waals surface area contributed by atoms with Crippen LogP contribution in [0.15, 0.2) is 0 Å². The molecule has 0 aromatic heterocycles. The number of hydrogen-bond donors (Lipinski definition) is 3. The van der Waals surface area contributed by atoms with Crippen LogP contribution in [0.3, 0.4) is 0 Å². The quantitative estimate of drug-likeness (QED) is 0.359. The van der Waals surface area contributed by atoms with E-state index in [-0.39, 0.29) is 6.17 Å². The molecule has 7 heavy (non-hydrogen) atoms. The third kappa shape index (κ3) is 1.43. The molecule has 0 spiro atoms. The first-order valence-electron chi connectivity index (χ1n) is 2.59. The predicted octanol–water partition coefficient (Wildman–Crippen LogP) is -1.19. The molecule has 3 heteroatoms. The van der Waals surface area contributed by atoms with Crippen LogP contribution in [0.2, 0.25) is 0 Å². The molecule has 4 N–H and O–H groups in total. The Bertz CT molecular complexity index is 48.9. The van der Waals surface area contributed by atoms with Crippen LogP contribution in [0.1, 0.15) is 6.42 Å². The van der Waals surface area contributed by atoms with Crippen LogP contribution in [0, 0.1) is 0 Å². The third-order valence-electron chi connectivity index (χ3n) is 1.12. The van der Waals surface area contributed by atoms with Gasteiger partial charge in [-0.1, -0.05) is 0 Å². The molecule has 3 nitrogen and oxygen atoms in total. The van der Waals surface area contributed by atoms with Gasteiger partial charge in [-0.2, -0.15) is 0 Å². The summed E-state index contributed by atoms with van der Waals surface area (Å²) in [6.07, 6.45) is 1.27. The van der Waals surface area contributed by atoms with E-state index in [9.17, 15) is 0 Å². The van der Waals surface area contributed by atoms with Gasteiger partial charge in [0.25, 0.3) is 0 Å². The molecule has 42 valence electrons. The fraction of sp³-hybridized carbons (Fsp3) is 1.00. The number of nitrogens with two attached hydrogens (primary N) is 1. The van der Waals surface area contributed by atoms with Gasteiger partial charge < -0.3 is 11.1 Å². The van der Waals surface area contributed by atoms with Crippen LogP contribution in [-0.2, 0) is 0 Å². The van der Waals surface area contributed by atoms with Gasteiger partial charge in [0.1, 0.15) is 0 Å². The minimum atomic E-state index is 0.223. The maximum atomic E-state index is 5.48. The number of hydrogen-bond acceptors (Lipinski definition) is 3. The Morgan fingerprint density at radius 2 is 2.43 bits per heavy atom. The molecule has 0 bridgehead atoms. The summed E-state index contributed by atoms with van der Waals surface area (Å²) < 4.78 is 0. The number of nitrogens with one attached hydrogen (secondary N) is 2. The molecule has 0 aliphatic carbocycles. The molecule has 0 aromatic carbocycles. The highest BCUT2D eigenvalue weighted by Gasteiger charge is 2.03. The lowest BCUT2D eigenvalue weighted by molar-refractivity contribution is 0.397. The van der Waals surface area contributed by atoms with E-state index >= 15 is 0 Å². The second-order valence-electron chi connectivity index (χ2n) is 1.78. The Labute approximate surface area is 43.3 Å². The highest BCUT2D eigenvalue weighted by molar-refractivity contribution is 4.64. The van der Waals surface area contributed by atoms with E-state index in [4.69, 9.17) is 5.73 Å². The molecule has 1 aliphatic rings. The summed E-state index contributed by atoms with van der Waals surface area (Å²) in [4.78, 5) is 0. The van der Waals surface area contributed by atoms with Crippen molar-refractivity contribution < 1.29 is 0 Å². The monoisotopic (exact) mass is 101 g/mol. The summed E-state index contributed by atoms with van der Waals surface area (Å²) in [5, 5.41) is 6.17. The van der Waals surface area contributed by atoms with Gasteiger partial charge in [-0.3, -0.25) is 5.32 Å². The largest absolute Gasteiger partial charge is 0.316 e. The molecule has 0 amide bonds. The fourth-order valence-electron chi connectivity index (χ4n) is 0.651. The first-order chi connectivity index (χ1) is 3.39. The van der Waals surface area contributed by atoms with Gasteiger partial charge in [0.05, 0.1) is 6.17 Å². The lowest BCUT2D eigenvalue weighted by atomic mass is 10.3. The van der Waals surface area contributed by atoms with E-state index in [1.54, 1.807) is 0 Å². The van der Waals surface area contributed by atoms with Crippen LogP contribution in [0.4, 0.5) is 0 Å². The molecule has 1 heterocycles. The van der Waals surface area contributed by atoms with Crippen molar-refractivity contribution in [3.05, 3.63) is 0 Å². The first-order valence-corrected chi connectivity index (χ1v) is 2.59. The second kappa shape index (κ2) is 2.26. The van der Waals surface area contributed by atoms with Gasteiger partial charge in [0, 0.05) is 6.67 Å². The maximum absolute atomic E-state index is 5.48. The van der Waals surface area contributed by atoms with Gasteiger partial charge in [-0.25, -0.2) is 0 Å². The normalized spacial score (nSPS) is 33.0. The van der Waals surface area contributed by atoms with Crippen LogP contribution in [-0.4, -0.2) is 19.4 Å². The summed E-state index contributed by atoms with van der Waals surface area (Å²) in [6.45, 7) is 1.91. The Hall–Kier alpha value is -0.120. The molecule has 0 aromatic rings. The zero-order chi connectivity index (χ0) is 5.11. The topological polar surface area (TPSA) is 50.1 Å². The Morgan fingerprint density at radius 1 is 1.57 bits per heavy atom. The fourth-order valence-corrected chi connectivity index (χ4v) is 0.651. The molecule has 1 saturated heterocycles. The molecule has 0 saturated carbocycles. The van der Waals surface area contributed by atoms with Crippen molar-refractivity contribution in [2.24, 2.45) is 5.73 Å². The lowest BCUT2D eigenvalue weighted by Gasteiger charge is -2.19. The Balaban J connectivity index is 2.12. The SMILES string of the molecule is N[C@H]1CCNCN1. The van der Waals surface area contributed by atoms with Crippen molar-refractivity contribution in [2.75, 3.05) is 13.2 Å². The Kier molecular flexibility index (Phi) is 1.62. The van der Waals surface area contributed by atoms with Crippen LogP contribution >= 0.6 is 0 Å². The Morgan fingerprint density at radius 3 is 2.71 bits per heavy atom. The van der Waals surface area contributed by atoms with E-state index in [0.29, 0.717) is 0 Å².